The summed E-state index contributed by atoms with van der Waals surface area (Å²) in [6.07, 6.45) is 4.38. The van der Waals surface area contributed by atoms with E-state index in [1.807, 2.05) is 0 Å². The van der Waals surface area contributed by atoms with Gasteiger partial charge in [-0.05, 0) is 0 Å². The third-order valence-electron chi connectivity index (χ3n) is 1.20. The van der Waals surface area contributed by atoms with Crippen LogP contribution in [0.5, 0.6) is 0 Å². The number of carboxylic acid groups (broad SMARTS) is 4. The van der Waals surface area contributed by atoms with Crippen LogP contribution in [0.25, 0.3) is 0 Å². The minimum Gasteiger partial charge on any atom is -0.478 e. The van der Waals surface area contributed by atoms with Crippen LogP contribution in [0, 0.1) is 0 Å². The number of ether oxygens (including phenoxy) is 1. The van der Waals surface area contributed by atoms with E-state index in [0.717, 1.165) is 30.4 Å². The van der Waals surface area contributed by atoms with Crippen LogP contribution in [-0.2, 0) is 28.7 Å². The molecule has 0 atom stereocenters. The van der Waals surface area contributed by atoms with Crippen molar-refractivity contribution < 1.29 is 54.2 Å². The van der Waals surface area contributed by atoms with E-state index in [2.05, 4.69) is 37.6 Å². The van der Waals surface area contributed by atoms with Gasteiger partial charge in [-0.1, -0.05) is 32.9 Å². The molecule has 0 aromatic rings. The zero-order valence-electron chi connectivity index (χ0n) is 15.0. The standard InChI is InChI=1S/C5H8O3.4C3H4O2/c1-2-5(7)8-4-3-6;4*1-2-3(4)5/h2,6H,1,3-4H2;4*2H,1H2,(H,4,5). The van der Waals surface area contributed by atoms with Gasteiger partial charge in [-0.3, -0.25) is 0 Å². The average Bonchev–Trinajstić information content (AvgIpc) is 2.67. The highest BCUT2D eigenvalue weighted by Crippen LogP contribution is 1.75. The van der Waals surface area contributed by atoms with Crippen molar-refractivity contribution in [1.29, 1.82) is 0 Å². The molecule has 0 aromatic carbocycles. The first-order valence-corrected chi connectivity index (χ1v) is 6.71. The Kier molecular flexibility index (Phi) is 38.8. The summed E-state index contributed by atoms with van der Waals surface area (Å²) < 4.78 is 4.33. The lowest BCUT2D eigenvalue weighted by Gasteiger charge is -1.94. The van der Waals surface area contributed by atoms with Crippen LogP contribution < -0.4 is 0 Å². The van der Waals surface area contributed by atoms with E-state index in [0.29, 0.717) is 0 Å². The van der Waals surface area contributed by atoms with Gasteiger partial charge >= 0.3 is 29.8 Å². The van der Waals surface area contributed by atoms with E-state index in [9.17, 15) is 24.0 Å². The molecule has 0 aromatic heterocycles. The van der Waals surface area contributed by atoms with Crippen molar-refractivity contribution in [3.8, 4) is 0 Å². The number of carbonyl (C=O) groups is 5. The van der Waals surface area contributed by atoms with Crippen LogP contribution >= 0.6 is 0 Å². The summed E-state index contributed by atoms with van der Waals surface area (Å²) in [7, 11) is 0. The predicted molar refractivity (Wildman–Crippen MR) is 99.6 cm³/mol. The van der Waals surface area contributed by atoms with Gasteiger partial charge in [0.05, 0.1) is 6.61 Å². The molecule has 0 rings (SSSR count). The van der Waals surface area contributed by atoms with Gasteiger partial charge in [0, 0.05) is 30.4 Å². The quantitative estimate of drug-likeness (QED) is 0.296. The van der Waals surface area contributed by atoms with Crippen molar-refractivity contribution in [2.75, 3.05) is 13.2 Å². The minimum absolute atomic E-state index is 0.0465. The molecular weight excluding hydrogens is 380 g/mol. The fourth-order valence-electron chi connectivity index (χ4n) is 0.205. The fraction of sp³-hybridized carbons (Fsp3) is 0.118. The minimum atomic E-state index is -0.981. The Bertz CT molecular complexity index is 461. The molecule has 0 saturated carbocycles. The molecule has 0 unspecified atom stereocenters. The fourth-order valence-corrected chi connectivity index (χ4v) is 0.205. The van der Waals surface area contributed by atoms with Crippen molar-refractivity contribution in [2.45, 2.75) is 0 Å². The summed E-state index contributed by atoms with van der Waals surface area (Å²) in [6.45, 7) is 14.9. The molecule has 11 nitrogen and oxygen atoms in total. The summed E-state index contributed by atoms with van der Waals surface area (Å²) in [6, 6.07) is 0. The highest BCUT2D eigenvalue weighted by Gasteiger charge is 1.90. The summed E-state index contributed by atoms with van der Waals surface area (Å²) >= 11 is 0. The number of hydrogen-bond acceptors (Lipinski definition) is 7. The number of aliphatic hydroxyl groups is 1. The van der Waals surface area contributed by atoms with Crippen LogP contribution in [0.4, 0.5) is 0 Å². The first kappa shape index (κ1) is 35.2. The number of hydrogen-bond donors (Lipinski definition) is 5. The number of aliphatic hydroxyl groups excluding tert-OH is 1. The SMILES string of the molecule is C=CC(=O)O.C=CC(=O)O.C=CC(=O)O.C=CC(=O)O.C=CC(=O)OCCO. The average molecular weight is 404 g/mol. The topological polar surface area (TPSA) is 196 Å². The van der Waals surface area contributed by atoms with Crippen LogP contribution in [0.3, 0.4) is 0 Å². The molecular formula is C17H24O11. The molecule has 0 spiro atoms. The molecule has 158 valence electrons. The van der Waals surface area contributed by atoms with Gasteiger partial charge < -0.3 is 30.3 Å². The Morgan fingerprint density at radius 2 is 0.821 bits per heavy atom. The van der Waals surface area contributed by atoms with Gasteiger partial charge in [0.15, 0.2) is 0 Å². The Morgan fingerprint density at radius 1 is 0.607 bits per heavy atom. The first-order valence-electron chi connectivity index (χ1n) is 6.71. The number of aliphatic carboxylic acids is 4. The third-order valence-corrected chi connectivity index (χ3v) is 1.20. The first-order chi connectivity index (χ1) is 12.9. The Hall–Kier alpha value is -3.99. The van der Waals surface area contributed by atoms with Crippen LogP contribution in [-0.4, -0.2) is 68.6 Å². The molecule has 0 amide bonds. The summed E-state index contributed by atoms with van der Waals surface area (Å²) in [4.78, 5) is 47.1. The predicted octanol–water partition coefficient (Wildman–Crippen LogP) is 0.736. The van der Waals surface area contributed by atoms with E-state index >= 15 is 0 Å². The molecule has 5 N–H and O–H groups in total. The highest BCUT2D eigenvalue weighted by atomic mass is 16.5. The molecule has 0 aliphatic heterocycles. The second kappa shape index (κ2) is 30.8. The zero-order valence-corrected chi connectivity index (χ0v) is 15.0. The van der Waals surface area contributed by atoms with Crippen molar-refractivity contribution in [1.82, 2.24) is 0 Å². The zero-order chi connectivity index (χ0) is 23.5. The highest BCUT2D eigenvalue weighted by molar-refractivity contribution is 5.81. The molecule has 0 radical (unpaired) electrons. The number of esters is 1. The van der Waals surface area contributed by atoms with E-state index in [4.69, 9.17) is 25.5 Å². The Morgan fingerprint density at radius 3 is 0.929 bits per heavy atom. The monoisotopic (exact) mass is 404 g/mol. The van der Waals surface area contributed by atoms with Gasteiger partial charge in [0.25, 0.3) is 0 Å². The lowest BCUT2D eigenvalue weighted by Crippen LogP contribution is -2.04. The molecule has 0 fully saturated rings. The van der Waals surface area contributed by atoms with Crippen molar-refractivity contribution in [2.24, 2.45) is 0 Å². The van der Waals surface area contributed by atoms with Gasteiger partial charge in [0.1, 0.15) is 6.61 Å². The molecule has 0 saturated heterocycles. The molecule has 0 aliphatic carbocycles. The van der Waals surface area contributed by atoms with Crippen LogP contribution in [0.1, 0.15) is 0 Å². The lowest BCUT2D eigenvalue weighted by molar-refractivity contribution is -0.139. The largest absolute Gasteiger partial charge is 0.478 e. The molecule has 28 heavy (non-hydrogen) atoms. The summed E-state index contributed by atoms with van der Waals surface area (Å²) in [5.41, 5.74) is 0. The molecule has 0 aliphatic rings. The van der Waals surface area contributed by atoms with Gasteiger partial charge in [-0.2, -0.15) is 0 Å². The Labute approximate surface area is 161 Å². The smallest absolute Gasteiger partial charge is 0.330 e. The Balaban J connectivity index is -0.0000000802. The van der Waals surface area contributed by atoms with E-state index in [1.54, 1.807) is 0 Å². The lowest BCUT2D eigenvalue weighted by atomic mass is 10.6. The van der Waals surface area contributed by atoms with Crippen LogP contribution in [0.2, 0.25) is 0 Å². The number of carbonyl (C=O) groups excluding carboxylic acids is 1. The van der Waals surface area contributed by atoms with Crippen molar-refractivity contribution in [3.05, 3.63) is 63.3 Å². The summed E-state index contributed by atoms with van der Waals surface area (Å²) in [5.74, 6) is -4.43. The molecule has 11 heteroatoms. The van der Waals surface area contributed by atoms with Gasteiger partial charge in [0.2, 0.25) is 0 Å². The van der Waals surface area contributed by atoms with E-state index in [-0.39, 0.29) is 13.2 Å². The van der Waals surface area contributed by atoms with Crippen molar-refractivity contribution in [3.63, 3.8) is 0 Å². The van der Waals surface area contributed by atoms with Crippen molar-refractivity contribution >= 4 is 29.8 Å². The van der Waals surface area contributed by atoms with E-state index < -0.39 is 29.8 Å². The second-order valence-corrected chi connectivity index (χ2v) is 3.26. The van der Waals surface area contributed by atoms with E-state index in [1.165, 1.54) is 0 Å². The molecule has 0 heterocycles. The third kappa shape index (κ3) is 97.0. The van der Waals surface area contributed by atoms with Crippen LogP contribution in [0.15, 0.2) is 63.3 Å². The maximum atomic E-state index is 10.1. The van der Waals surface area contributed by atoms with Gasteiger partial charge in [-0.25, -0.2) is 24.0 Å². The number of carboxylic acids is 4. The number of rotatable bonds is 7. The molecule has 0 bridgehead atoms. The maximum Gasteiger partial charge on any atom is 0.330 e. The van der Waals surface area contributed by atoms with Gasteiger partial charge in [-0.15, -0.1) is 0 Å². The second-order valence-electron chi connectivity index (χ2n) is 3.26. The normalized spacial score (nSPS) is 6.89. The maximum absolute atomic E-state index is 10.1. The summed E-state index contributed by atoms with van der Waals surface area (Å²) in [5, 5.41) is 38.5.